The van der Waals surface area contributed by atoms with Gasteiger partial charge >= 0.3 is 0 Å². The third-order valence-corrected chi connectivity index (χ3v) is 3.18. The third-order valence-electron chi connectivity index (χ3n) is 3.18. The number of aromatic hydroxyl groups is 1. The lowest BCUT2D eigenvalue weighted by Crippen LogP contribution is -1.92. The van der Waals surface area contributed by atoms with E-state index in [0.717, 1.165) is 22.3 Å². The summed E-state index contributed by atoms with van der Waals surface area (Å²) in [6.07, 6.45) is 4.16. The molecule has 0 fully saturated rings. The first-order chi connectivity index (χ1) is 9.31. The minimum Gasteiger partial charge on any atom is -0.508 e. The SMILES string of the molecule is C=CCc1c(O)ccc2c1ncn2-c1ccccc1. The van der Waals surface area contributed by atoms with E-state index in [2.05, 4.69) is 11.6 Å². The van der Waals surface area contributed by atoms with Crippen molar-refractivity contribution in [3.05, 3.63) is 67.0 Å². The molecule has 0 atom stereocenters. The second-order valence-electron chi connectivity index (χ2n) is 4.37. The highest BCUT2D eigenvalue weighted by Gasteiger charge is 2.11. The Morgan fingerprint density at radius 1 is 1.16 bits per heavy atom. The van der Waals surface area contributed by atoms with Crippen LogP contribution in [0, 0.1) is 0 Å². The van der Waals surface area contributed by atoms with Crippen molar-refractivity contribution in [2.45, 2.75) is 6.42 Å². The summed E-state index contributed by atoms with van der Waals surface area (Å²) in [4.78, 5) is 4.43. The summed E-state index contributed by atoms with van der Waals surface area (Å²) in [5, 5.41) is 9.92. The fraction of sp³-hybridized carbons (Fsp3) is 0.0625. The lowest BCUT2D eigenvalue weighted by Gasteiger charge is -2.06. The van der Waals surface area contributed by atoms with E-state index in [9.17, 15) is 5.11 Å². The van der Waals surface area contributed by atoms with Gasteiger partial charge in [-0.05, 0) is 30.7 Å². The van der Waals surface area contributed by atoms with Crippen LogP contribution in [0.5, 0.6) is 5.75 Å². The van der Waals surface area contributed by atoms with Crippen molar-refractivity contribution in [3.8, 4) is 11.4 Å². The first-order valence-electron chi connectivity index (χ1n) is 6.15. The topological polar surface area (TPSA) is 38.1 Å². The average Bonchev–Trinajstić information content (AvgIpc) is 2.87. The van der Waals surface area contributed by atoms with Crippen molar-refractivity contribution in [2.75, 3.05) is 0 Å². The lowest BCUT2D eigenvalue weighted by atomic mass is 10.1. The standard InChI is InChI=1S/C16H14N2O/c1-2-6-13-15(19)10-9-14-16(13)17-11-18(14)12-7-4-3-5-8-12/h2-5,7-11,19H,1,6H2. The van der Waals surface area contributed by atoms with E-state index in [-0.39, 0.29) is 5.75 Å². The maximum Gasteiger partial charge on any atom is 0.121 e. The zero-order chi connectivity index (χ0) is 13.2. The molecule has 0 spiro atoms. The van der Waals surface area contributed by atoms with Crippen molar-refractivity contribution in [1.29, 1.82) is 0 Å². The first-order valence-corrected chi connectivity index (χ1v) is 6.15. The number of nitrogens with zero attached hydrogens (tertiary/aromatic N) is 2. The third kappa shape index (κ3) is 1.89. The van der Waals surface area contributed by atoms with Gasteiger partial charge in [0.2, 0.25) is 0 Å². The number of hydrogen-bond donors (Lipinski definition) is 1. The Bertz CT molecular complexity index is 729. The summed E-state index contributed by atoms with van der Waals surface area (Å²) in [5.41, 5.74) is 3.69. The first kappa shape index (κ1) is 11.5. The van der Waals surface area contributed by atoms with E-state index >= 15 is 0 Å². The summed E-state index contributed by atoms with van der Waals surface area (Å²) in [6.45, 7) is 3.72. The van der Waals surface area contributed by atoms with Crippen molar-refractivity contribution < 1.29 is 5.11 Å². The average molecular weight is 250 g/mol. The van der Waals surface area contributed by atoms with Gasteiger partial charge in [-0.3, -0.25) is 4.57 Å². The molecule has 19 heavy (non-hydrogen) atoms. The molecule has 1 N–H and O–H groups in total. The van der Waals surface area contributed by atoms with Crippen LogP contribution in [0.3, 0.4) is 0 Å². The molecule has 0 bridgehead atoms. The van der Waals surface area contributed by atoms with Crippen LogP contribution in [0.1, 0.15) is 5.56 Å². The van der Waals surface area contributed by atoms with Gasteiger partial charge in [-0.1, -0.05) is 24.3 Å². The van der Waals surface area contributed by atoms with Crippen LogP contribution in [0.2, 0.25) is 0 Å². The van der Waals surface area contributed by atoms with Gasteiger partial charge < -0.3 is 5.11 Å². The highest BCUT2D eigenvalue weighted by atomic mass is 16.3. The van der Waals surface area contributed by atoms with E-state index in [0.29, 0.717) is 6.42 Å². The predicted octanol–water partition coefficient (Wildman–Crippen LogP) is 3.46. The number of imidazole rings is 1. The molecule has 0 aliphatic rings. The number of aromatic nitrogens is 2. The molecule has 3 rings (SSSR count). The summed E-state index contributed by atoms with van der Waals surface area (Å²) in [5.74, 6) is 0.269. The molecule has 3 nitrogen and oxygen atoms in total. The monoisotopic (exact) mass is 250 g/mol. The van der Waals surface area contributed by atoms with Gasteiger partial charge in [-0.15, -0.1) is 6.58 Å². The van der Waals surface area contributed by atoms with Gasteiger partial charge in [0, 0.05) is 11.3 Å². The molecule has 3 aromatic rings. The Morgan fingerprint density at radius 3 is 2.68 bits per heavy atom. The van der Waals surface area contributed by atoms with Crippen LogP contribution < -0.4 is 0 Å². The number of hydrogen-bond acceptors (Lipinski definition) is 2. The Kier molecular flexibility index (Phi) is 2.80. The quantitative estimate of drug-likeness (QED) is 0.723. The minimum atomic E-state index is 0.269. The maximum absolute atomic E-state index is 9.92. The van der Waals surface area contributed by atoms with Crippen LogP contribution in [0.25, 0.3) is 16.7 Å². The van der Waals surface area contributed by atoms with E-state index < -0.39 is 0 Å². The maximum atomic E-state index is 9.92. The second-order valence-corrected chi connectivity index (χ2v) is 4.37. The van der Waals surface area contributed by atoms with Crippen LogP contribution >= 0.6 is 0 Å². The van der Waals surface area contributed by atoms with Gasteiger partial charge in [0.1, 0.15) is 12.1 Å². The molecule has 0 unspecified atom stereocenters. The predicted molar refractivity (Wildman–Crippen MR) is 76.6 cm³/mol. The van der Waals surface area contributed by atoms with Crippen molar-refractivity contribution >= 4 is 11.0 Å². The Hall–Kier alpha value is -2.55. The van der Waals surface area contributed by atoms with Crippen molar-refractivity contribution in [1.82, 2.24) is 9.55 Å². The number of para-hydroxylation sites is 1. The molecule has 0 aliphatic carbocycles. The molecule has 94 valence electrons. The van der Waals surface area contributed by atoms with Crippen molar-refractivity contribution in [2.24, 2.45) is 0 Å². The second kappa shape index (κ2) is 4.61. The van der Waals surface area contributed by atoms with E-state index in [4.69, 9.17) is 0 Å². The van der Waals surface area contributed by atoms with Crippen LogP contribution in [0.15, 0.2) is 61.4 Å². The zero-order valence-corrected chi connectivity index (χ0v) is 10.5. The molecular weight excluding hydrogens is 236 g/mol. The van der Waals surface area contributed by atoms with Gasteiger partial charge in [-0.25, -0.2) is 4.98 Å². The highest BCUT2D eigenvalue weighted by Crippen LogP contribution is 2.28. The van der Waals surface area contributed by atoms with Crippen LogP contribution in [-0.2, 0) is 6.42 Å². The summed E-state index contributed by atoms with van der Waals surface area (Å²) in [7, 11) is 0. The normalized spacial score (nSPS) is 10.7. The minimum absolute atomic E-state index is 0.269. The van der Waals surface area contributed by atoms with Crippen molar-refractivity contribution in [3.63, 3.8) is 0 Å². The summed E-state index contributed by atoms with van der Waals surface area (Å²) < 4.78 is 2.02. The molecule has 0 saturated carbocycles. The molecule has 1 heterocycles. The Balaban J connectivity index is 2.25. The van der Waals surface area contributed by atoms with Crippen LogP contribution in [-0.4, -0.2) is 14.7 Å². The fourth-order valence-corrected chi connectivity index (χ4v) is 2.27. The molecule has 0 radical (unpaired) electrons. The smallest absolute Gasteiger partial charge is 0.121 e. The fourth-order valence-electron chi connectivity index (χ4n) is 2.27. The number of phenols is 1. The molecular formula is C16H14N2O. The molecule has 0 saturated heterocycles. The number of rotatable bonds is 3. The molecule has 0 amide bonds. The number of benzene rings is 2. The summed E-state index contributed by atoms with van der Waals surface area (Å²) >= 11 is 0. The molecule has 2 aromatic carbocycles. The van der Waals surface area contributed by atoms with Crippen LogP contribution in [0.4, 0.5) is 0 Å². The highest BCUT2D eigenvalue weighted by molar-refractivity contribution is 5.83. The van der Waals surface area contributed by atoms with E-state index in [1.807, 2.05) is 41.0 Å². The lowest BCUT2D eigenvalue weighted by molar-refractivity contribution is 0.470. The summed E-state index contributed by atoms with van der Waals surface area (Å²) in [6, 6.07) is 13.6. The zero-order valence-electron chi connectivity index (χ0n) is 10.5. The molecule has 3 heteroatoms. The van der Waals surface area contributed by atoms with E-state index in [1.54, 1.807) is 18.5 Å². The van der Waals surface area contributed by atoms with E-state index in [1.165, 1.54) is 0 Å². The van der Waals surface area contributed by atoms with Gasteiger partial charge in [0.05, 0.1) is 11.0 Å². The van der Waals surface area contributed by atoms with Gasteiger partial charge in [0.15, 0.2) is 0 Å². The number of allylic oxidation sites excluding steroid dienone is 1. The van der Waals surface area contributed by atoms with Gasteiger partial charge in [-0.2, -0.15) is 0 Å². The largest absolute Gasteiger partial charge is 0.508 e. The Morgan fingerprint density at radius 2 is 1.95 bits per heavy atom. The molecule has 1 aromatic heterocycles. The molecule has 0 aliphatic heterocycles. The Labute approximate surface area is 111 Å². The van der Waals surface area contributed by atoms with Gasteiger partial charge in [0.25, 0.3) is 0 Å². The number of fused-ring (bicyclic) bond motifs is 1. The number of phenolic OH excluding ortho intramolecular Hbond substituents is 1.